The first-order valence-corrected chi connectivity index (χ1v) is 5.85. The highest BCUT2D eigenvalue weighted by molar-refractivity contribution is 5.97. The lowest BCUT2D eigenvalue weighted by Gasteiger charge is -2.34. The van der Waals surface area contributed by atoms with E-state index < -0.39 is 5.97 Å². The van der Waals surface area contributed by atoms with Gasteiger partial charge in [0.25, 0.3) is 0 Å². The van der Waals surface area contributed by atoms with Crippen LogP contribution in [0.1, 0.15) is 30.1 Å². The number of rotatable bonds is 1. The van der Waals surface area contributed by atoms with E-state index >= 15 is 0 Å². The SMILES string of the molecule is CC(=O)N1CC2(CC2)Oc2ccc(C(=O)O)cc21. The van der Waals surface area contributed by atoms with Crippen LogP contribution in [0.4, 0.5) is 5.69 Å². The van der Waals surface area contributed by atoms with Crippen LogP contribution < -0.4 is 9.64 Å². The molecule has 0 aromatic heterocycles. The van der Waals surface area contributed by atoms with Gasteiger partial charge in [0, 0.05) is 6.92 Å². The number of amides is 1. The summed E-state index contributed by atoms with van der Waals surface area (Å²) >= 11 is 0. The number of fused-ring (bicyclic) bond motifs is 1. The van der Waals surface area contributed by atoms with Crippen molar-refractivity contribution in [3.63, 3.8) is 0 Å². The molecule has 3 rings (SSSR count). The fourth-order valence-electron chi connectivity index (χ4n) is 2.27. The van der Waals surface area contributed by atoms with Crippen LogP contribution in [-0.2, 0) is 4.79 Å². The van der Waals surface area contributed by atoms with E-state index in [9.17, 15) is 9.59 Å². The molecule has 5 heteroatoms. The Morgan fingerprint density at radius 1 is 1.39 bits per heavy atom. The molecule has 1 spiro atoms. The lowest BCUT2D eigenvalue weighted by Crippen LogP contribution is -2.44. The summed E-state index contributed by atoms with van der Waals surface area (Å²) < 4.78 is 5.86. The third-order valence-electron chi connectivity index (χ3n) is 3.46. The van der Waals surface area contributed by atoms with Gasteiger partial charge in [-0.25, -0.2) is 4.79 Å². The summed E-state index contributed by atoms with van der Waals surface area (Å²) in [5.41, 5.74) is 0.485. The minimum absolute atomic E-state index is 0.0895. The average Bonchev–Trinajstić information content (AvgIpc) is 3.06. The minimum Gasteiger partial charge on any atom is -0.483 e. The van der Waals surface area contributed by atoms with E-state index in [0.29, 0.717) is 18.0 Å². The van der Waals surface area contributed by atoms with Gasteiger partial charge in [-0.15, -0.1) is 0 Å². The summed E-state index contributed by atoms with van der Waals surface area (Å²) in [4.78, 5) is 24.2. The molecule has 94 valence electrons. The summed E-state index contributed by atoms with van der Waals surface area (Å²) in [7, 11) is 0. The maximum atomic E-state index is 11.7. The fraction of sp³-hybridized carbons (Fsp3) is 0.385. The minimum atomic E-state index is -1.01. The van der Waals surface area contributed by atoms with Crippen molar-refractivity contribution in [1.29, 1.82) is 0 Å². The highest BCUT2D eigenvalue weighted by Gasteiger charge is 2.50. The quantitative estimate of drug-likeness (QED) is 0.819. The molecule has 0 unspecified atom stereocenters. The standard InChI is InChI=1S/C13H13NO4/c1-8(15)14-7-13(4-5-13)18-11-3-2-9(12(16)17)6-10(11)14/h2-3,6H,4-5,7H2,1H3,(H,16,17). The van der Waals surface area contributed by atoms with Crippen molar-refractivity contribution in [3.05, 3.63) is 23.8 Å². The lowest BCUT2D eigenvalue weighted by atomic mass is 10.1. The van der Waals surface area contributed by atoms with Gasteiger partial charge in [0.15, 0.2) is 0 Å². The van der Waals surface area contributed by atoms with E-state index in [0.717, 1.165) is 12.8 Å². The largest absolute Gasteiger partial charge is 0.483 e. The second-order valence-corrected chi connectivity index (χ2v) is 4.88. The smallest absolute Gasteiger partial charge is 0.335 e. The molecule has 2 aliphatic rings. The molecule has 1 aliphatic heterocycles. The van der Waals surface area contributed by atoms with Crippen LogP contribution in [0.15, 0.2) is 18.2 Å². The molecular formula is C13H13NO4. The molecular weight excluding hydrogens is 234 g/mol. The van der Waals surface area contributed by atoms with Crippen molar-refractivity contribution >= 4 is 17.6 Å². The topological polar surface area (TPSA) is 66.8 Å². The van der Waals surface area contributed by atoms with E-state index in [1.807, 2.05) is 0 Å². The molecule has 1 N–H and O–H groups in total. The van der Waals surface area contributed by atoms with Gasteiger partial charge >= 0.3 is 5.97 Å². The number of carboxylic acid groups (broad SMARTS) is 1. The van der Waals surface area contributed by atoms with Crippen LogP contribution in [0.25, 0.3) is 0 Å². The highest BCUT2D eigenvalue weighted by Crippen LogP contribution is 2.48. The Morgan fingerprint density at radius 3 is 2.67 bits per heavy atom. The molecule has 0 bridgehead atoms. The summed E-state index contributed by atoms with van der Waals surface area (Å²) in [5.74, 6) is -0.500. The summed E-state index contributed by atoms with van der Waals surface area (Å²) in [6, 6.07) is 4.63. The number of aromatic carboxylic acids is 1. The Morgan fingerprint density at radius 2 is 2.11 bits per heavy atom. The monoisotopic (exact) mass is 247 g/mol. The first-order chi connectivity index (χ1) is 8.51. The number of anilines is 1. The Labute approximate surface area is 104 Å². The predicted molar refractivity (Wildman–Crippen MR) is 64.0 cm³/mol. The molecule has 0 saturated heterocycles. The van der Waals surface area contributed by atoms with E-state index in [-0.39, 0.29) is 17.1 Å². The van der Waals surface area contributed by atoms with Crippen molar-refractivity contribution in [2.75, 3.05) is 11.4 Å². The van der Waals surface area contributed by atoms with Gasteiger partial charge in [0.1, 0.15) is 11.4 Å². The number of ether oxygens (including phenoxy) is 1. The number of hydrogen-bond acceptors (Lipinski definition) is 3. The molecule has 0 atom stereocenters. The normalized spacial score (nSPS) is 19.1. The second kappa shape index (κ2) is 3.48. The molecule has 1 aromatic carbocycles. The summed E-state index contributed by atoms with van der Waals surface area (Å²) in [5, 5.41) is 8.98. The van der Waals surface area contributed by atoms with Gasteiger partial charge in [0.05, 0.1) is 17.8 Å². The van der Waals surface area contributed by atoms with Crippen LogP contribution in [0.5, 0.6) is 5.75 Å². The van der Waals surface area contributed by atoms with Gasteiger partial charge in [-0.2, -0.15) is 0 Å². The predicted octanol–water partition coefficient (Wildman–Crippen LogP) is 1.66. The zero-order chi connectivity index (χ0) is 12.9. The maximum absolute atomic E-state index is 11.7. The van der Waals surface area contributed by atoms with Gasteiger partial charge in [-0.1, -0.05) is 0 Å². The second-order valence-electron chi connectivity index (χ2n) is 4.88. The fourth-order valence-corrected chi connectivity index (χ4v) is 2.27. The Hall–Kier alpha value is -2.04. The molecule has 1 heterocycles. The first kappa shape index (κ1) is 11.1. The molecule has 0 radical (unpaired) electrons. The Bertz CT molecular complexity index is 548. The molecule has 18 heavy (non-hydrogen) atoms. The summed E-state index contributed by atoms with van der Waals surface area (Å²) in [6.07, 6.45) is 1.88. The zero-order valence-electron chi connectivity index (χ0n) is 9.97. The molecule has 1 fully saturated rings. The van der Waals surface area contributed by atoms with Crippen molar-refractivity contribution in [2.45, 2.75) is 25.4 Å². The molecule has 1 amide bonds. The molecule has 5 nitrogen and oxygen atoms in total. The number of hydrogen-bond donors (Lipinski definition) is 1. The first-order valence-electron chi connectivity index (χ1n) is 5.85. The van der Waals surface area contributed by atoms with Crippen molar-refractivity contribution in [1.82, 2.24) is 0 Å². The van der Waals surface area contributed by atoms with E-state index in [1.165, 1.54) is 19.1 Å². The van der Waals surface area contributed by atoms with E-state index in [2.05, 4.69) is 0 Å². The van der Waals surface area contributed by atoms with Crippen molar-refractivity contribution < 1.29 is 19.4 Å². The van der Waals surface area contributed by atoms with Crippen LogP contribution in [0.2, 0.25) is 0 Å². The van der Waals surface area contributed by atoms with Crippen molar-refractivity contribution in [3.8, 4) is 5.75 Å². The number of nitrogens with zero attached hydrogens (tertiary/aromatic N) is 1. The van der Waals surface area contributed by atoms with Gasteiger partial charge in [0.2, 0.25) is 5.91 Å². The van der Waals surface area contributed by atoms with E-state index in [1.54, 1.807) is 11.0 Å². The molecule has 1 aliphatic carbocycles. The molecule has 1 aromatic rings. The number of carbonyl (C=O) groups excluding carboxylic acids is 1. The zero-order valence-corrected chi connectivity index (χ0v) is 9.97. The lowest BCUT2D eigenvalue weighted by molar-refractivity contribution is -0.117. The highest BCUT2D eigenvalue weighted by atomic mass is 16.5. The third-order valence-corrected chi connectivity index (χ3v) is 3.46. The number of carbonyl (C=O) groups is 2. The third kappa shape index (κ3) is 1.63. The van der Waals surface area contributed by atoms with Gasteiger partial charge in [-0.3, -0.25) is 4.79 Å². The maximum Gasteiger partial charge on any atom is 0.335 e. The van der Waals surface area contributed by atoms with Crippen LogP contribution >= 0.6 is 0 Å². The number of carboxylic acids is 1. The van der Waals surface area contributed by atoms with Crippen LogP contribution in [-0.4, -0.2) is 29.1 Å². The van der Waals surface area contributed by atoms with E-state index in [4.69, 9.17) is 9.84 Å². The van der Waals surface area contributed by atoms with Gasteiger partial charge in [-0.05, 0) is 31.0 Å². The van der Waals surface area contributed by atoms with Crippen LogP contribution in [0, 0.1) is 0 Å². The molecule has 1 saturated carbocycles. The average molecular weight is 247 g/mol. The Balaban J connectivity index is 2.08. The number of benzene rings is 1. The van der Waals surface area contributed by atoms with Gasteiger partial charge < -0.3 is 14.7 Å². The van der Waals surface area contributed by atoms with Crippen LogP contribution in [0.3, 0.4) is 0 Å². The summed E-state index contributed by atoms with van der Waals surface area (Å²) in [6.45, 7) is 2.00. The van der Waals surface area contributed by atoms with Crippen molar-refractivity contribution in [2.24, 2.45) is 0 Å². The Kier molecular flexibility index (Phi) is 2.14.